The van der Waals surface area contributed by atoms with Crippen LogP contribution in [-0.4, -0.2) is 13.2 Å². The highest BCUT2D eigenvalue weighted by Gasteiger charge is 2.19. The third-order valence-electron chi connectivity index (χ3n) is 4.48. The number of para-hydroxylation sites is 1. The zero-order valence-electron chi connectivity index (χ0n) is 12.7. The van der Waals surface area contributed by atoms with Gasteiger partial charge >= 0.3 is 6.61 Å². The number of hydrogen-bond donors (Lipinski definition) is 1. The zero-order valence-corrected chi connectivity index (χ0v) is 12.7. The van der Waals surface area contributed by atoms with Crippen molar-refractivity contribution in [3.8, 4) is 5.75 Å². The molecule has 4 heteroatoms. The molecule has 0 atom stereocenters. The third kappa shape index (κ3) is 5.27. The Bertz CT molecular complexity index is 417. The summed E-state index contributed by atoms with van der Waals surface area (Å²) < 4.78 is 29.2. The minimum Gasteiger partial charge on any atom is -0.434 e. The van der Waals surface area contributed by atoms with Crippen LogP contribution in [0.5, 0.6) is 5.75 Å². The second kappa shape index (κ2) is 8.32. The lowest BCUT2D eigenvalue weighted by Gasteiger charge is -2.28. The molecular weight excluding hydrogens is 272 g/mol. The molecule has 0 aromatic heterocycles. The van der Waals surface area contributed by atoms with Crippen LogP contribution in [0.1, 0.15) is 44.6 Å². The van der Waals surface area contributed by atoms with Crippen LogP contribution in [0, 0.1) is 11.8 Å². The second-order valence-corrected chi connectivity index (χ2v) is 5.91. The molecule has 1 fully saturated rings. The molecule has 0 spiro atoms. The number of alkyl halides is 2. The van der Waals surface area contributed by atoms with E-state index in [0.717, 1.165) is 23.9 Å². The first-order valence-corrected chi connectivity index (χ1v) is 7.92. The van der Waals surface area contributed by atoms with Gasteiger partial charge in [0.15, 0.2) is 0 Å². The fourth-order valence-corrected chi connectivity index (χ4v) is 3.12. The van der Waals surface area contributed by atoms with Crippen LogP contribution < -0.4 is 10.1 Å². The van der Waals surface area contributed by atoms with Crippen molar-refractivity contribution in [2.75, 3.05) is 6.54 Å². The average molecular weight is 297 g/mol. The van der Waals surface area contributed by atoms with Crippen LogP contribution in [0.15, 0.2) is 24.3 Å². The Hall–Kier alpha value is -1.16. The molecule has 118 valence electrons. The maximum Gasteiger partial charge on any atom is 0.387 e. The van der Waals surface area contributed by atoms with Gasteiger partial charge in [-0.15, -0.1) is 0 Å². The highest BCUT2D eigenvalue weighted by Crippen LogP contribution is 2.30. The fraction of sp³-hybridized carbons (Fsp3) is 0.647. The number of ether oxygens (including phenoxy) is 1. The van der Waals surface area contributed by atoms with Gasteiger partial charge in [-0.1, -0.05) is 44.4 Å². The molecule has 2 nitrogen and oxygen atoms in total. The van der Waals surface area contributed by atoms with E-state index in [4.69, 9.17) is 0 Å². The summed E-state index contributed by atoms with van der Waals surface area (Å²) in [4.78, 5) is 0. The minimum absolute atomic E-state index is 0.273. The Kier molecular flexibility index (Phi) is 6.43. The molecule has 2 rings (SSSR count). The fourth-order valence-electron chi connectivity index (χ4n) is 3.12. The quantitative estimate of drug-likeness (QED) is 0.794. The first-order chi connectivity index (χ1) is 10.2. The Morgan fingerprint density at radius 1 is 1.14 bits per heavy atom. The topological polar surface area (TPSA) is 21.3 Å². The van der Waals surface area contributed by atoms with E-state index in [1.54, 1.807) is 12.1 Å². The molecule has 21 heavy (non-hydrogen) atoms. The van der Waals surface area contributed by atoms with Gasteiger partial charge in [0.1, 0.15) is 5.75 Å². The summed E-state index contributed by atoms with van der Waals surface area (Å²) in [5.41, 5.74) is 0.792. The third-order valence-corrected chi connectivity index (χ3v) is 4.48. The van der Waals surface area contributed by atoms with Crippen molar-refractivity contribution in [3.05, 3.63) is 29.8 Å². The SMILES string of the molecule is CCC1CCC(CNCc2ccccc2OC(F)F)CC1. The maximum atomic E-state index is 12.3. The van der Waals surface area contributed by atoms with E-state index in [0.29, 0.717) is 6.54 Å². The van der Waals surface area contributed by atoms with Crippen LogP contribution >= 0.6 is 0 Å². The van der Waals surface area contributed by atoms with Gasteiger partial charge < -0.3 is 10.1 Å². The first-order valence-electron chi connectivity index (χ1n) is 7.92. The average Bonchev–Trinajstić information content (AvgIpc) is 2.49. The van der Waals surface area contributed by atoms with E-state index in [1.807, 2.05) is 12.1 Å². The molecule has 1 aliphatic carbocycles. The van der Waals surface area contributed by atoms with Crippen LogP contribution in [0.4, 0.5) is 8.78 Å². The molecule has 0 bridgehead atoms. The highest BCUT2D eigenvalue weighted by molar-refractivity contribution is 5.33. The minimum atomic E-state index is -2.77. The van der Waals surface area contributed by atoms with E-state index in [9.17, 15) is 8.78 Å². The molecule has 1 aliphatic rings. The molecule has 1 aromatic rings. The number of benzene rings is 1. The lowest BCUT2D eigenvalue weighted by molar-refractivity contribution is -0.0505. The van der Waals surface area contributed by atoms with Gasteiger partial charge in [0.2, 0.25) is 0 Å². The van der Waals surface area contributed by atoms with Crippen LogP contribution in [-0.2, 0) is 6.54 Å². The molecule has 0 saturated heterocycles. The largest absolute Gasteiger partial charge is 0.434 e. The Morgan fingerprint density at radius 3 is 2.48 bits per heavy atom. The summed E-state index contributed by atoms with van der Waals surface area (Å²) in [6.45, 7) is 1.04. The predicted octanol–water partition coefficient (Wildman–Crippen LogP) is 4.59. The van der Waals surface area contributed by atoms with E-state index >= 15 is 0 Å². The van der Waals surface area contributed by atoms with Gasteiger partial charge in [0.05, 0.1) is 0 Å². The molecule has 0 aliphatic heterocycles. The van der Waals surface area contributed by atoms with Gasteiger partial charge in [-0.25, -0.2) is 0 Å². The summed E-state index contributed by atoms with van der Waals surface area (Å²) in [5, 5.41) is 3.39. The summed E-state index contributed by atoms with van der Waals surface area (Å²) in [7, 11) is 0. The summed E-state index contributed by atoms with van der Waals surface area (Å²) in [5.74, 6) is 1.90. The van der Waals surface area contributed by atoms with E-state index < -0.39 is 6.61 Å². The maximum absolute atomic E-state index is 12.3. The van der Waals surface area contributed by atoms with Crippen LogP contribution in [0.2, 0.25) is 0 Å². The number of nitrogens with one attached hydrogen (secondary N) is 1. The lowest BCUT2D eigenvalue weighted by Crippen LogP contribution is -2.26. The lowest BCUT2D eigenvalue weighted by atomic mass is 9.81. The number of rotatable bonds is 7. The van der Waals surface area contributed by atoms with Gasteiger partial charge in [-0.2, -0.15) is 8.78 Å². The van der Waals surface area contributed by atoms with E-state index in [1.165, 1.54) is 32.1 Å². The van der Waals surface area contributed by atoms with Crippen molar-refractivity contribution in [1.82, 2.24) is 5.32 Å². The van der Waals surface area contributed by atoms with Crippen molar-refractivity contribution in [3.63, 3.8) is 0 Å². The predicted molar refractivity (Wildman–Crippen MR) is 80.5 cm³/mol. The van der Waals surface area contributed by atoms with Crippen LogP contribution in [0.25, 0.3) is 0 Å². The normalized spacial score (nSPS) is 22.5. The van der Waals surface area contributed by atoms with Gasteiger partial charge in [-0.05, 0) is 37.3 Å². The van der Waals surface area contributed by atoms with Gasteiger partial charge in [0.25, 0.3) is 0 Å². The van der Waals surface area contributed by atoms with Crippen molar-refractivity contribution in [1.29, 1.82) is 0 Å². The molecule has 0 amide bonds. The Labute approximate surface area is 125 Å². The van der Waals surface area contributed by atoms with Crippen molar-refractivity contribution >= 4 is 0 Å². The smallest absolute Gasteiger partial charge is 0.387 e. The molecule has 0 radical (unpaired) electrons. The number of halogens is 2. The Morgan fingerprint density at radius 2 is 1.81 bits per heavy atom. The van der Waals surface area contributed by atoms with Gasteiger partial charge in [-0.3, -0.25) is 0 Å². The molecule has 1 N–H and O–H groups in total. The zero-order chi connectivity index (χ0) is 15.1. The van der Waals surface area contributed by atoms with Crippen molar-refractivity contribution in [2.45, 2.75) is 52.2 Å². The highest BCUT2D eigenvalue weighted by atomic mass is 19.3. The standard InChI is InChI=1S/C17H25F2NO/c1-2-13-7-9-14(10-8-13)11-20-12-15-5-3-4-6-16(15)21-17(18)19/h3-6,13-14,17,20H,2,7-12H2,1H3. The first kappa shape index (κ1) is 16.2. The summed E-state index contributed by atoms with van der Waals surface area (Å²) in [6, 6.07) is 6.99. The molecule has 0 heterocycles. The molecule has 0 unspecified atom stereocenters. The molecule has 1 aromatic carbocycles. The summed E-state index contributed by atoms with van der Waals surface area (Å²) >= 11 is 0. The summed E-state index contributed by atoms with van der Waals surface area (Å²) in [6.07, 6.45) is 6.50. The van der Waals surface area contributed by atoms with Gasteiger partial charge in [0, 0.05) is 12.1 Å². The van der Waals surface area contributed by atoms with Crippen molar-refractivity contribution < 1.29 is 13.5 Å². The monoisotopic (exact) mass is 297 g/mol. The van der Waals surface area contributed by atoms with E-state index in [2.05, 4.69) is 17.0 Å². The molecule has 1 saturated carbocycles. The second-order valence-electron chi connectivity index (χ2n) is 5.91. The molecular formula is C17H25F2NO. The van der Waals surface area contributed by atoms with Crippen LogP contribution in [0.3, 0.4) is 0 Å². The van der Waals surface area contributed by atoms with Crippen molar-refractivity contribution in [2.24, 2.45) is 11.8 Å². The Balaban J connectivity index is 1.76. The number of hydrogen-bond acceptors (Lipinski definition) is 2. The van der Waals surface area contributed by atoms with E-state index in [-0.39, 0.29) is 5.75 Å².